The lowest BCUT2D eigenvalue weighted by Crippen LogP contribution is -2.01. The fraction of sp³-hybridized carbons (Fsp3) is 0.200. The summed E-state index contributed by atoms with van der Waals surface area (Å²) < 4.78 is 4.70. The van der Waals surface area contributed by atoms with Crippen LogP contribution in [-0.4, -0.2) is 18.1 Å². The van der Waals surface area contributed by atoms with Crippen LogP contribution in [-0.2, 0) is 10.5 Å². The van der Waals surface area contributed by atoms with Gasteiger partial charge >= 0.3 is 5.97 Å². The van der Waals surface area contributed by atoms with Crippen molar-refractivity contribution in [2.45, 2.75) is 17.7 Å². The minimum absolute atomic E-state index is 0.333. The Morgan fingerprint density at radius 2 is 2.11 bits per heavy atom. The van der Waals surface area contributed by atoms with Crippen molar-refractivity contribution in [1.82, 2.24) is 4.98 Å². The Labute approximate surface area is 117 Å². The van der Waals surface area contributed by atoms with Gasteiger partial charge in [0.25, 0.3) is 0 Å². The van der Waals surface area contributed by atoms with Crippen molar-refractivity contribution >= 4 is 17.7 Å². The summed E-state index contributed by atoms with van der Waals surface area (Å²) in [5.74, 6) is 0.504. The van der Waals surface area contributed by atoms with Crippen LogP contribution < -0.4 is 0 Å². The molecule has 0 N–H and O–H groups in total. The molecular formula is C15H15NO2S. The molecule has 0 bridgehead atoms. The number of hydrogen-bond acceptors (Lipinski definition) is 4. The lowest BCUT2D eigenvalue weighted by Gasteiger charge is -2.05. The molecule has 0 saturated heterocycles. The summed E-state index contributed by atoms with van der Waals surface area (Å²) in [6, 6.07) is 11.7. The van der Waals surface area contributed by atoms with Crippen LogP contribution in [0.4, 0.5) is 0 Å². The zero-order chi connectivity index (χ0) is 13.7. The molecule has 0 atom stereocenters. The highest BCUT2D eigenvalue weighted by molar-refractivity contribution is 7.98. The summed E-state index contributed by atoms with van der Waals surface area (Å²) in [6.45, 7) is 2.09. The van der Waals surface area contributed by atoms with Crippen LogP contribution in [0.15, 0.2) is 47.6 Å². The molecule has 0 fully saturated rings. The lowest BCUT2D eigenvalue weighted by atomic mass is 10.1. The van der Waals surface area contributed by atoms with E-state index in [-0.39, 0.29) is 5.97 Å². The number of aryl methyl sites for hydroxylation is 1. The zero-order valence-electron chi connectivity index (χ0n) is 10.9. The van der Waals surface area contributed by atoms with Crippen molar-refractivity contribution < 1.29 is 9.53 Å². The standard InChI is InChI=1S/C15H15NO2S/c1-11-5-3-4-6-13(11)10-19-14-9-12(7-8-16-14)15(17)18-2/h3-9H,10H2,1-2H3. The van der Waals surface area contributed by atoms with Gasteiger partial charge in [0, 0.05) is 11.9 Å². The second kappa shape index (κ2) is 6.38. The average Bonchev–Trinajstić information content (AvgIpc) is 2.46. The van der Waals surface area contributed by atoms with Crippen molar-refractivity contribution in [3.8, 4) is 0 Å². The minimum atomic E-state index is -0.333. The number of ether oxygens (including phenoxy) is 1. The molecule has 19 heavy (non-hydrogen) atoms. The van der Waals surface area contributed by atoms with Crippen molar-refractivity contribution in [2.75, 3.05) is 7.11 Å². The molecule has 2 rings (SSSR count). The van der Waals surface area contributed by atoms with Gasteiger partial charge in [0.05, 0.1) is 17.7 Å². The molecule has 0 saturated carbocycles. The van der Waals surface area contributed by atoms with Gasteiger partial charge in [-0.05, 0) is 30.2 Å². The molecule has 0 amide bonds. The smallest absolute Gasteiger partial charge is 0.337 e. The first-order valence-corrected chi connectivity index (χ1v) is 6.91. The number of aromatic nitrogens is 1. The summed E-state index contributed by atoms with van der Waals surface area (Å²) >= 11 is 1.61. The van der Waals surface area contributed by atoms with E-state index < -0.39 is 0 Å². The molecule has 0 spiro atoms. The highest BCUT2D eigenvalue weighted by Gasteiger charge is 2.07. The van der Waals surface area contributed by atoms with Crippen molar-refractivity contribution in [1.29, 1.82) is 0 Å². The van der Waals surface area contributed by atoms with Crippen LogP contribution in [0.3, 0.4) is 0 Å². The summed E-state index contributed by atoms with van der Waals surface area (Å²) in [5, 5.41) is 0.825. The minimum Gasteiger partial charge on any atom is -0.465 e. The van der Waals surface area contributed by atoms with E-state index in [4.69, 9.17) is 4.74 Å². The first-order valence-electron chi connectivity index (χ1n) is 5.92. The number of hydrogen-bond donors (Lipinski definition) is 0. The Kier molecular flexibility index (Phi) is 4.58. The third-order valence-electron chi connectivity index (χ3n) is 2.79. The van der Waals surface area contributed by atoms with E-state index in [2.05, 4.69) is 24.0 Å². The zero-order valence-corrected chi connectivity index (χ0v) is 11.7. The predicted molar refractivity (Wildman–Crippen MR) is 76.3 cm³/mol. The molecule has 98 valence electrons. The molecule has 0 unspecified atom stereocenters. The Hall–Kier alpha value is -1.81. The number of carbonyl (C=O) groups is 1. The third-order valence-corrected chi connectivity index (χ3v) is 3.77. The van der Waals surface area contributed by atoms with Crippen LogP contribution in [0.1, 0.15) is 21.5 Å². The third kappa shape index (κ3) is 3.58. The molecule has 1 heterocycles. The van der Waals surface area contributed by atoms with Crippen LogP contribution in [0.2, 0.25) is 0 Å². The largest absolute Gasteiger partial charge is 0.465 e. The fourth-order valence-corrected chi connectivity index (χ4v) is 2.63. The maximum atomic E-state index is 11.4. The van der Waals surface area contributed by atoms with Crippen molar-refractivity contribution in [3.05, 3.63) is 59.3 Å². The number of carbonyl (C=O) groups excluding carboxylic acids is 1. The first-order chi connectivity index (χ1) is 9.20. The Morgan fingerprint density at radius 1 is 1.32 bits per heavy atom. The predicted octanol–water partition coefficient (Wildman–Crippen LogP) is 3.47. The van der Waals surface area contributed by atoms with Crippen molar-refractivity contribution in [3.63, 3.8) is 0 Å². The molecule has 2 aromatic rings. The molecule has 0 aliphatic heterocycles. The van der Waals surface area contributed by atoms with E-state index in [9.17, 15) is 4.79 Å². The fourth-order valence-electron chi connectivity index (χ4n) is 1.66. The monoisotopic (exact) mass is 273 g/mol. The molecule has 0 aliphatic carbocycles. The van der Waals surface area contributed by atoms with E-state index in [0.717, 1.165) is 10.8 Å². The number of pyridine rings is 1. The summed E-state index contributed by atoms with van der Waals surface area (Å²) in [6.07, 6.45) is 1.63. The van der Waals surface area contributed by atoms with E-state index >= 15 is 0 Å². The maximum absolute atomic E-state index is 11.4. The van der Waals surface area contributed by atoms with Gasteiger partial charge in [-0.1, -0.05) is 24.3 Å². The van der Waals surface area contributed by atoms with Gasteiger partial charge in [-0.2, -0.15) is 0 Å². The van der Waals surface area contributed by atoms with Gasteiger partial charge in [0.15, 0.2) is 0 Å². The van der Waals surface area contributed by atoms with Crippen LogP contribution in [0.25, 0.3) is 0 Å². The normalized spacial score (nSPS) is 10.2. The SMILES string of the molecule is COC(=O)c1ccnc(SCc2ccccc2C)c1. The number of esters is 1. The average molecular weight is 273 g/mol. The number of nitrogens with zero attached hydrogens (tertiary/aromatic N) is 1. The number of benzene rings is 1. The second-order valence-corrected chi connectivity index (χ2v) is 5.09. The second-order valence-electron chi connectivity index (χ2n) is 4.09. The summed E-state index contributed by atoms with van der Waals surface area (Å²) in [4.78, 5) is 15.7. The van der Waals surface area contributed by atoms with Gasteiger partial charge in [-0.25, -0.2) is 9.78 Å². The van der Waals surface area contributed by atoms with E-state index in [1.807, 2.05) is 12.1 Å². The van der Waals surface area contributed by atoms with E-state index in [1.54, 1.807) is 30.1 Å². The molecule has 0 radical (unpaired) electrons. The molecule has 3 nitrogen and oxygen atoms in total. The summed E-state index contributed by atoms with van der Waals surface area (Å²) in [7, 11) is 1.38. The van der Waals surface area contributed by atoms with Crippen LogP contribution in [0, 0.1) is 6.92 Å². The topological polar surface area (TPSA) is 39.2 Å². The molecule has 1 aromatic heterocycles. The Morgan fingerprint density at radius 3 is 2.84 bits per heavy atom. The van der Waals surface area contributed by atoms with Gasteiger partial charge in [-0.15, -0.1) is 11.8 Å². The Balaban J connectivity index is 2.08. The first kappa shape index (κ1) is 13.6. The number of methoxy groups -OCH3 is 1. The van der Waals surface area contributed by atoms with E-state index in [1.165, 1.54) is 18.2 Å². The molecule has 4 heteroatoms. The molecule has 0 aliphatic rings. The van der Waals surface area contributed by atoms with Gasteiger partial charge < -0.3 is 4.74 Å². The van der Waals surface area contributed by atoms with Gasteiger partial charge in [0.1, 0.15) is 0 Å². The van der Waals surface area contributed by atoms with E-state index in [0.29, 0.717) is 5.56 Å². The Bertz CT molecular complexity index is 584. The van der Waals surface area contributed by atoms with Gasteiger partial charge in [-0.3, -0.25) is 0 Å². The van der Waals surface area contributed by atoms with Crippen LogP contribution >= 0.6 is 11.8 Å². The lowest BCUT2D eigenvalue weighted by molar-refractivity contribution is 0.0600. The highest BCUT2D eigenvalue weighted by Crippen LogP contribution is 2.23. The van der Waals surface area contributed by atoms with Crippen LogP contribution in [0.5, 0.6) is 0 Å². The summed E-state index contributed by atoms with van der Waals surface area (Å²) in [5.41, 5.74) is 3.07. The molecule has 1 aromatic carbocycles. The highest BCUT2D eigenvalue weighted by atomic mass is 32.2. The maximum Gasteiger partial charge on any atom is 0.337 e. The number of thioether (sulfide) groups is 1. The van der Waals surface area contributed by atoms with Crippen molar-refractivity contribution in [2.24, 2.45) is 0 Å². The number of rotatable bonds is 4. The quantitative estimate of drug-likeness (QED) is 0.631. The van der Waals surface area contributed by atoms with Gasteiger partial charge in [0.2, 0.25) is 0 Å². The molecular weight excluding hydrogens is 258 g/mol.